The Bertz CT molecular complexity index is 1260. The number of fused-ring (bicyclic) bond motifs is 1. The summed E-state index contributed by atoms with van der Waals surface area (Å²) in [7, 11) is 0. The predicted octanol–water partition coefficient (Wildman–Crippen LogP) is 4.24. The molecular formula is C25H19BrN2O5. The third kappa shape index (κ3) is 3.98. The number of aliphatic hydroxyl groups excluding tert-OH is 1. The molecule has 1 saturated heterocycles. The molecule has 2 aliphatic heterocycles. The third-order valence-electron chi connectivity index (χ3n) is 5.62. The van der Waals surface area contributed by atoms with Gasteiger partial charge in [-0.15, -0.1) is 0 Å². The molecule has 0 radical (unpaired) electrons. The van der Waals surface area contributed by atoms with Crippen molar-refractivity contribution in [2.75, 3.05) is 13.2 Å². The Morgan fingerprint density at radius 3 is 2.55 bits per heavy atom. The molecule has 0 unspecified atom stereocenters. The van der Waals surface area contributed by atoms with Crippen LogP contribution in [0.1, 0.15) is 22.7 Å². The summed E-state index contributed by atoms with van der Waals surface area (Å²) in [5.74, 6) is -0.619. The van der Waals surface area contributed by atoms with Gasteiger partial charge in [-0.3, -0.25) is 14.6 Å². The minimum Gasteiger partial charge on any atom is -0.507 e. The maximum atomic E-state index is 13.2. The molecule has 3 aromatic rings. The normalized spacial score (nSPS) is 19.1. The van der Waals surface area contributed by atoms with Gasteiger partial charge in [0.15, 0.2) is 11.5 Å². The van der Waals surface area contributed by atoms with Crippen molar-refractivity contribution in [1.29, 1.82) is 0 Å². The zero-order valence-electron chi connectivity index (χ0n) is 17.4. The van der Waals surface area contributed by atoms with Crippen LogP contribution in [0.5, 0.6) is 11.5 Å². The van der Waals surface area contributed by atoms with Gasteiger partial charge in [0, 0.05) is 29.0 Å². The van der Waals surface area contributed by atoms with Crippen molar-refractivity contribution in [3.05, 3.63) is 93.7 Å². The van der Waals surface area contributed by atoms with Crippen molar-refractivity contribution in [2.24, 2.45) is 0 Å². The van der Waals surface area contributed by atoms with Gasteiger partial charge >= 0.3 is 0 Å². The lowest BCUT2D eigenvalue weighted by Gasteiger charge is -2.25. The number of ether oxygens (including phenoxy) is 2. The molecule has 0 spiro atoms. The van der Waals surface area contributed by atoms with Crippen LogP contribution in [-0.2, 0) is 16.1 Å². The number of halogens is 1. The molecule has 1 N–H and O–H groups in total. The minimum absolute atomic E-state index is 0.0305. The monoisotopic (exact) mass is 506 g/mol. The van der Waals surface area contributed by atoms with Crippen molar-refractivity contribution in [3.63, 3.8) is 0 Å². The SMILES string of the molecule is O=C1C(=O)N(Cc2cccnc2)[C@H](c2ccc(Br)cc2)/C1=C(\O)c1ccc2c(c1)OCCO2. The molecule has 2 aromatic carbocycles. The summed E-state index contributed by atoms with van der Waals surface area (Å²) < 4.78 is 12.0. The molecule has 166 valence electrons. The molecule has 2 aliphatic rings. The standard InChI is InChI=1S/C25H19BrN2O5/c26-18-6-3-16(4-7-18)22-21(23(29)17-5-8-19-20(12-17)33-11-10-32-19)24(30)25(31)28(22)14-15-2-1-9-27-13-15/h1-9,12-13,22,29H,10-11,14H2/b23-21+/t22-/m1/s1. The maximum absolute atomic E-state index is 13.2. The number of carbonyl (C=O) groups excluding carboxylic acids is 2. The van der Waals surface area contributed by atoms with Crippen LogP contribution in [0.15, 0.2) is 77.0 Å². The first kappa shape index (κ1) is 21.2. The molecule has 7 nitrogen and oxygen atoms in total. The first-order valence-electron chi connectivity index (χ1n) is 10.4. The summed E-state index contributed by atoms with van der Waals surface area (Å²) in [6.07, 6.45) is 3.30. The van der Waals surface area contributed by atoms with E-state index in [1.54, 1.807) is 36.7 Å². The molecule has 1 atom stereocenters. The van der Waals surface area contributed by atoms with Gasteiger partial charge in [-0.1, -0.05) is 34.1 Å². The zero-order valence-corrected chi connectivity index (χ0v) is 19.0. The highest BCUT2D eigenvalue weighted by molar-refractivity contribution is 9.10. The van der Waals surface area contributed by atoms with Gasteiger partial charge in [0.05, 0.1) is 11.6 Å². The van der Waals surface area contributed by atoms with Crippen molar-refractivity contribution in [2.45, 2.75) is 12.6 Å². The Balaban J connectivity index is 1.63. The summed E-state index contributed by atoms with van der Waals surface area (Å²) in [6.45, 7) is 1.02. The number of pyridine rings is 1. The Kier molecular flexibility index (Phi) is 5.60. The van der Waals surface area contributed by atoms with Gasteiger partial charge in [0.1, 0.15) is 19.0 Å². The largest absolute Gasteiger partial charge is 0.507 e. The van der Waals surface area contributed by atoms with E-state index in [9.17, 15) is 14.7 Å². The van der Waals surface area contributed by atoms with E-state index in [1.165, 1.54) is 4.90 Å². The number of aliphatic hydroxyl groups is 1. The van der Waals surface area contributed by atoms with E-state index in [0.29, 0.717) is 35.8 Å². The van der Waals surface area contributed by atoms with E-state index in [1.807, 2.05) is 30.3 Å². The number of hydrogen-bond donors (Lipinski definition) is 1. The van der Waals surface area contributed by atoms with E-state index in [2.05, 4.69) is 20.9 Å². The number of amides is 1. The summed E-state index contributed by atoms with van der Waals surface area (Å²) in [6, 6.07) is 15.1. The van der Waals surface area contributed by atoms with E-state index < -0.39 is 17.7 Å². The van der Waals surface area contributed by atoms with Crippen LogP contribution in [0.3, 0.4) is 0 Å². The first-order valence-corrected chi connectivity index (χ1v) is 11.1. The van der Waals surface area contributed by atoms with Gasteiger partial charge in [0.25, 0.3) is 11.7 Å². The summed E-state index contributed by atoms with van der Waals surface area (Å²) in [5, 5.41) is 11.2. The quantitative estimate of drug-likeness (QED) is 0.323. The topological polar surface area (TPSA) is 89.0 Å². The fourth-order valence-electron chi connectivity index (χ4n) is 4.07. The van der Waals surface area contributed by atoms with Crippen molar-refractivity contribution in [3.8, 4) is 11.5 Å². The number of hydrogen-bond acceptors (Lipinski definition) is 6. The van der Waals surface area contributed by atoms with Crippen molar-refractivity contribution >= 4 is 33.4 Å². The Morgan fingerprint density at radius 2 is 1.82 bits per heavy atom. The second kappa shape index (κ2) is 8.71. The predicted molar refractivity (Wildman–Crippen MR) is 124 cm³/mol. The summed E-state index contributed by atoms with van der Waals surface area (Å²) in [5.41, 5.74) is 1.89. The smallest absolute Gasteiger partial charge is 0.295 e. The highest BCUT2D eigenvalue weighted by Gasteiger charge is 2.46. The Labute approximate surface area is 198 Å². The molecule has 1 aromatic heterocycles. The highest BCUT2D eigenvalue weighted by Crippen LogP contribution is 2.42. The highest BCUT2D eigenvalue weighted by atomic mass is 79.9. The van der Waals surface area contributed by atoms with Gasteiger partial charge in [-0.2, -0.15) is 0 Å². The van der Waals surface area contributed by atoms with Crippen LogP contribution >= 0.6 is 15.9 Å². The number of carbonyl (C=O) groups is 2. The van der Waals surface area contributed by atoms with Gasteiger partial charge in [-0.05, 0) is 47.5 Å². The van der Waals surface area contributed by atoms with Crippen LogP contribution in [0.2, 0.25) is 0 Å². The van der Waals surface area contributed by atoms with Gasteiger partial charge < -0.3 is 19.5 Å². The molecule has 1 fully saturated rings. The third-order valence-corrected chi connectivity index (χ3v) is 6.15. The van der Waals surface area contributed by atoms with Crippen LogP contribution < -0.4 is 9.47 Å². The second-order valence-electron chi connectivity index (χ2n) is 7.70. The van der Waals surface area contributed by atoms with Gasteiger partial charge in [-0.25, -0.2) is 0 Å². The number of likely N-dealkylation sites (tertiary alicyclic amines) is 1. The fourth-order valence-corrected chi connectivity index (χ4v) is 4.33. The molecular weight excluding hydrogens is 488 g/mol. The molecule has 0 aliphatic carbocycles. The lowest BCUT2D eigenvalue weighted by Crippen LogP contribution is -2.29. The molecule has 8 heteroatoms. The summed E-state index contributed by atoms with van der Waals surface area (Å²) in [4.78, 5) is 31.8. The average molecular weight is 507 g/mol. The van der Waals surface area contributed by atoms with E-state index in [-0.39, 0.29) is 17.9 Å². The number of benzene rings is 2. The Hall–Kier alpha value is -3.65. The van der Waals surface area contributed by atoms with Crippen LogP contribution in [0, 0.1) is 0 Å². The molecule has 1 amide bonds. The van der Waals surface area contributed by atoms with Crippen LogP contribution in [-0.4, -0.2) is 39.9 Å². The fraction of sp³-hybridized carbons (Fsp3) is 0.160. The molecule has 0 bridgehead atoms. The number of ketones is 1. The van der Waals surface area contributed by atoms with E-state index >= 15 is 0 Å². The van der Waals surface area contributed by atoms with E-state index in [0.717, 1.165) is 10.0 Å². The number of aromatic nitrogens is 1. The van der Waals surface area contributed by atoms with Crippen LogP contribution in [0.4, 0.5) is 0 Å². The minimum atomic E-state index is -0.758. The maximum Gasteiger partial charge on any atom is 0.295 e. The number of nitrogens with zero attached hydrogens (tertiary/aromatic N) is 2. The molecule has 3 heterocycles. The summed E-state index contributed by atoms with van der Waals surface area (Å²) >= 11 is 3.42. The molecule has 0 saturated carbocycles. The number of Topliss-reactive ketones (excluding diaryl/α,β-unsaturated/α-hetero) is 1. The van der Waals surface area contributed by atoms with Crippen LogP contribution in [0.25, 0.3) is 5.76 Å². The first-order chi connectivity index (χ1) is 16.0. The van der Waals surface area contributed by atoms with Crippen molar-refractivity contribution < 1.29 is 24.2 Å². The number of rotatable bonds is 4. The second-order valence-corrected chi connectivity index (χ2v) is 8.61. The lowest BCUT2D eigenvalue weighted by atomic mass is 9.95. The average Bonchev–Trinajstić information content (AvgIpc) is 3.09. The van der Waals surface area contributed by atoms with Crippen molar-refractivity contribution in [1.82, 2.24) is 9.88 Å². The lowest BCUT2D eigenvalue weighted by molar-refractivity contribution is -0.140. The molecule has 5 rings (SSSR count). The molecule has 33 heavy (non-hydrogen) atoms. The van der Waals surface area contributed by atoms with E-state index in [4.69, 9.17) is 9.47 Å². The Morgan fingerprint density at radius 1 is 1.06 bits per heavy atom. The van der Waals surface area contributed by atoms with Gasteiger partial charge in [0.2, 0.25) is 0 Å². The zero-order chi connectivity index (χ0) is 22.9.